The summed E-state index contributed by atoms with van der Waals surface area (Å²) in [6.45, 7) is 5.74. The van der Waals surface area contributed by atoms with Crippen molar-refractivity contribution in [3.8, 4) is 5.75 Å². The molecule has 0 bridgehead atoms. The lowest BCUT2D eigenvalue weighted by Crippen LogP contribution is -2.89. The molecular weight excluding hydrogens is 458 g/mol. The minimum Gasteiger partial charge on any atom is -0.508 e. The Labute approximate surface area is 209 Å². The summed E-state index contributed by atoms with van der Waals surface area (Å²) >= 11 is 0. The molecule has 0 amide bonds. The third-order valence-electron chi connectivity index (χ3n) is 9.84. The van der Waals surface area contributed by atoms with Crippen molar-refractivity contribution in [3.05, 3.63) is 65.2 Å². The fourth-order valence-electron chi connectivity index (χ4n) is 8.24. The quantitative estimate of drug-likeness (QED) is 0.667. The third-order valence-corrected chi connectivity index (χ3v) is 11.7. The molecule has 6 nitrogen and oxygen atoms in total. The molecule has 2 aliphatic heterocycles. The smallest absolute Gasteiger partial charge is 0.218 e. The van der Waals surface area contributed by atoms with E-state index in [1.807, 2.05) is 42.5 Å². The van der Waals surface area contributed by atoms with Gasteiger partial charge in [0.2, 0.25) is 10.0 Å². The van der Waals surface area contributed by atoms with E-state index in [-0.39, 0.29) is 16.6 Å². The SMILES string of the molecule is CN1CC23Cc4ccc(O)cc4C2(C)C(N(C)CC2CCN(S(=O)(=O)Cc4ccccc4)CC2)C13. The largest absolute Gasteiger partial charge is 0.508 e. The molecular formula is C28H37N3O3S. The Balaban J connectivity index is 1.13. The maximum atomic E-state index is 13.0. The molecule has 2 aromatic carbocycles. The van der Waals surface area contributed by atoms with Gasteiger partial charge in [-0.2, -0.15) is 0 Å². The molecule has 35 heavy (non-hydrogen) atoms. The van der Waals surface area contributed by atoms with E-state index in [0.29, 0.717) is 36.8 Å². The van der Waals surface area contributed by atoms with Crippen molar-refractivity contribution in [2.75, 3.05) is 40.3 Å². The van der Waals surface area contributed by atoms with E-state index in [9.17, 15) is 13.5 Å². The standard InChI is InChI=1S/C28H37N3O3S/c1-27-24-15-23(32)10-9-22(24)16-28(27)19-30(3)26(28)25(27)29(2)17-20-11-13-31(14-12-20)35(33,34)18-21-7-5-4-6-8-21/h4-10,15,20,25-26,32H,11-14,16-19H2,1-3H3. The summed E-state index contributed by atoms with van der Waals surface area (Å²) in [5.74, 6) is 0.946. The molecule has 1 spiro atoms. The van der Waals surface area contributed by atoms with Crippen LogP contribution >= 0.6 is 0 Å². The van der Waals surface area contributed by atoms with E-state index in [1.54, 1.807) is 4.31 Å². The second-order valence-electron chi connectivity index (χ2n) is 11.7. The highest BCUT2D eigenvalue weighted by Gasteiger charge is 2.79. The summed E-state index contributed by atoms with van der Waals surface area (Å²) < 4.78 is 27.6. The van der Waals surface area contributed by atoms with E-state index >= 15 is 0 Å². The van der Waals surface area contributed by atoms with Gasteiger partial charge in [0.15, 0.2) is 0 Å². The molecule has 7 heteroatoms. The number of phenolic OH excluding ortho intramolecular Hbond substituents is 1. The van der Waals surface area contributed by atoms with Crippen LogP contribution < -0.4 is 0 Å². The molecule has 0 radical (unpaired) electrons. The highest BCUT2D eigenvalue weighted by molar-refractivity contribution is 7.88. The number of likely N-dealkylation sites (tertiary alicyclic amines) is 1. The maximum Gasteiger partial charge on any atom is 0.218 e. The summed E-state index contributed by atoms with van der Waals surface area (Å²) in [5, 5.41) is 10.3. The van der Waals surface area contributed by atoms with Gasteiger partial charge < -0.3 is 14.9 Å². The van der Waals surface area contributed by atoms with Gasteiger partial charge in [0.1, 0.15) is 5.75 Å². The molecule has 3 fully saturated rings. The molecule has 0 aromatic heterocycles. The van der Waals surface area contributed by atoms with Crippen molar-refractivity contribution in [2.24, 2.45) is 11.3 Å². The van der Waals surface area contributed by atoms with Crippen LogP contribution in [0.5, 0.6) is 5.75 Å². The number of piperidine rings is 2. The van der Waals surface area contributed by atoms with Crippen LogP contribution in [-0.4, -0.2) is 80.0 Å². The first-order valence-electron chi connectivity index (χ1n) is 12.9. The normalized spacial score (nSPS) is 33.0. The van der Waals surface area contributed by atoms with E-state index in [4.69, 9.17) is 0 Å². The highest BCUT2D eigenvalue weighted by Crippen LogP contribution is 2.71. The monoisotopic (exact) mass is 495 g/mol. The zero-order valence-electron chi connectivity index (χ0n) is 21.0. The lowest BCUT2D eigenvalue weighted by molar-refractivity contribution is -0.243. The molecule has 188 valence electrons. The van der Waals surface area contributed by atoms with Crippen molar-refractivity contribution in [2.45, 2.75) is 49.4 Å². The van der Waals surface area contributed by atoms with Gasteiger partial charge in [-0.1, -0.05) is 43.3 Å². The summed E-state index contributed by atoms with van der Waals surface area (Å²) in [6.07, 6.45) is 2.92. The Bertz CT molecular complexity index is 1230. The van der Waals surface area contributed by atoms with Crippen molar-refractivity contribution in [3.63, 3.8) is 0 Å². The molecule has 2 heterocycles. The van der Waals surface area contributed by atoms with Crippen LogP contribution in [0.1, 0.15) is 36.5 Å². The Morgan fingerprint density at radius 2 is 1.83 bits per heavy atom. The zero-order chi connectivity index (χ0) is 24.6. The van der Waals surface area contributed by atoms with Gasteiger partial charge in [0, 0.05) is 49.1 Å². The summed E-state index contributed by atoms with van der Waals surface area (Å²) in [5.41, 5.74) is 3.92. The molecule has 4 atom stereocenters. The van der Waals surface area contributed by atoms with Gasteiger partial charge in [0.25, 0.3) is 0 Å². The predicted octanol–water partition coefficient (Wildman–Crippen LogP) is 3.06. The van der Waals surface area contributed by atoms with Crippen molar-refractivity contribution in [1.29, 1.82) is 0 Å². The van der Waals surface area contributed by atoms with E-state index in [0.717, 1.165) is 37.9 Å². The third kappa shape index (κ3) is 3.35. The number of sulfonamides is 1. The Morgan fingerprint density at radius 3 is 2.51 bits per heavy atom. The summed E-state index contributed by atoms with van der Waals surface area (Å²) in [7, 11) is 1.22. The Hall–Kier alpha value is -1.93. The summed E-state index contributed by atoms with van der Waals surface area (Å²) in [6, 6.07) is 16.4. The van der Waals surface area contributed by atoms with Crippen LogP contribution in [0.4, 0.5) is 0 Å². The van der Waals surface area contributed by atoms with Crippen LogP contribution in [0.2, 0.25) is 0 Å². The molecule has 6 rings (SSSR count). The number of phenols is 1. The number of hydrogen-bond donors (Lipinski definition) is 1. The van der Waals surface area contributed by atoms with Gasteiger partial charge in [-0.3, -0.25) is 0 Å². The van der Waals surface area contributed by atoms with Crippen LogP contribution in [0, 0.1) is 11.3 Å². The van der Waals surface area contributed by atoms with Crippen molar-refractivity contribution >= 4 is 10.0 Å². The predicted molar refractivity (Wildman–Crippen MR) is 138 cm³/mol. The first kappa shape index (κ1) is 23.5. The van der Waals surface area contributed by atoms with Crippen LogP contribution in [0.3, 0.4) is 0 Å². The molecule has 2 saturated heterocycles. The molecule has 2 aromatic rings. The number of hydrogen-bond acceptors (Lipinski definition) is 5. The fraction of sp³-hybridized carbons (Fsp3) is 0.571. The lowest BCUT2D eigenvalue weighted by Gasteiger charge is -2.77. The Morgan fingerprint density at radius 1 is 1.11 bits per heavy atom. The van der Waals surface area contributed by atoms with E-state index < -0.39 is 10.0 Å². The molecule has 1 N–H and O–H groups in total. The average molecular weight is 496 g/mol. The first-order chi connectivity index (χ1) is 16.7. The van der Waals surface area contributed by atoms with E-state index in [2.05, 4.69) is 36.9 Å². The molecule has 2 aliphatic carbocycles. The van der Waals surface area contributed by atoms with Gasteiger partial charge in [-0.05, 0) is 68.1 Å². The minimum atomic E-state index is -3.28. The van der Waals surface area contributed by atoms with Gasteiger partial charge in [-0.15, -0.1) is 0 Å². The lowest BCUT2D eigenvalue weighted by atomic mass is 9.39. The number of aromatic hydroxyl groups is 1. The highest BCUT2D eigenvalue weighted by atomic mass is 32.2. The van der Waals surface area contributed by atoms with Crippen LogP contribution in [-0.2, 0) is 27.6 Å². The Kier molecular flexibility index (Phi) is 5.39. The summed E-state index contributed by atoms with van der Waals surface area (Å²) in [4.78, 5) is 5.06. The van der Waals surface area contributed by atoms with Crippen molar-refractivity contribution < 1.29 is 13.5 Å². The fourth-order valence-corrected chi connectivity index (χ4v) is 9.80. The second kappa shape index (κ2) is 8.04. The maximum absolute atomic E-state index is 13.0. The van der Waals surface area contributed by atoms with Crippen LogP contribution in [0.25, 0.3) is 0 Å². The number of rotatable bonds is 6. The topological polar surface area (TPSA) is 64.1 Å². The number of nitrogens with zero attached hydrogens (tertiary/aromatic N) is 3. The van der Waals surface area contributed by atoms with Crippen molar-refractivity contribution in [1.82, 2.24) is 14.1 Å². The molecule has 1 saturated carbocycles. The van der Waals surface area contributed by atoms with Gasteiger partial charge >= 0.3 is 0 Å². The van der Waals surface area contributed by atoms with Gasteiger partial charge in [0.05, 0.1) is 5.75 Å². The van der Waals surface area contributed by atoms with Gasteiger partial charge in [-0.25, -0.2) is 12.7 Å². The number of benzene rings is 2. The number of fused-ring (bicyclic) bond motifs is 2. The first-order valence-corrected chi connectivity index (χ1v) is 14.5. The number of likely N-dealkylation sites (N-methyl/N-ethyl adjacent to an activating group) is 2. The second-order valence-corrected chi connectivity index (χ2v) is 13.7. The molecule has 4 unspecified atom stereocenters. The molecule has 4 aliphatic rings. The minimum absolute atomic E-state index is 0.0483. The zero-order valence-corrected chi connectivity index (χ0v) is 21.8. The van der Waals surface area contributed by atoms with Crippen LogP contribution in [0.15, 0.2) is 48.5 Å². The average Bonchev–Trinajstić information content (AvgIpc) is 3.04. The van der Waals surface area contributed by atoms with E-state index in [1.165, 1.54) is 11.1 Å².